The lowest BCUT2D eigenvalue weighted by molar-refractivity contribution is -0.419. The first kappa shape index (κ1) is 30.5. The summed E-state index contributed by atoms with van der Waals surface area (Å²) >= 11 is 28.0. The van der Waals surface area contributed by atoms with Crippen LogP contribution in [0.5, 0.6) is 0 Å². The van der Waals surface area contributed by atoms with Crippen molar-refractivity contribution in [3.8, 4) is 0 Å². The van der Waals surface area contributed by atoms with Crippen molar-refractivity contribution in [2.75, 3.05) is 0 Å². The molecule has 4 unspecified atom stereocenters. The lowest BCUT2D eigenvalue weighted by Gasteiger charge is -2.39. The summed E-state index contributed by atoms with van der Waals surface area (Å²) < 4.78 is 0. The molecule has 0 aliphatic heterocycles. The fourth-order valence-electron chi connectivity index (χ4n) is 4.34. The SMILES string of the molecule is O=[N+]([O-])C1=CC(Cl)(c2ccc([N+](=O)[O-])cc2Cl)C(SC2C=CC([N+](=O)[O-])=CC2(Cl)c2ccc([N+](=O)[O-])cc2Cl)C=C1. The van der Waals surface area contributed by atoms with E-state index in [0.717, 1.165) is 48.2 Å². The Morgan fingerprint density at radius 1 is 0.634 bits per heavy atom. The van der Waals surface area contributed by atoms with E-state index in [4.69, 9.17) is 46.4 Å². The van der Waals surface area contributed by atoms with Gasteiger partial charge in [-0.1, -0.05) is 35.4 Å². The third-order valence-electron chi connectivity index (χ3n) is 6.29. The molecule has 2 aliphatic carbocycles. The molecule has 0 bridgehead atoms. The summed E-state index contributed by atoms with van der Waals surface area (Å²) in [6, 6.07) is 7.01. The van der Waals surface area contributed by atoms with Crippen LogP contribution < -0.4 is 0 Å². The van der Waals surface area contributed by atoms with E-state index in [-0.39, 0.29) is 43.9 Å². The highest BCUT2D eigenvalue weighted by Crippen LogP contribution is 2.54. The quantitative estimate of drug-likeness (QED) is 0.160. The topological polar surface area (TPSA) is 173 Å². The van der Waals surface area contributed by atoms with Gasteiger partial charge >= 0.3 is 0 Å². The fourth-order valence-corrected chi connectivity index (χ4v) is 7.54. The van der Waals surface area contributed by atoms with Gasteiger partial charge in [0.15, 0.2) is 0 Å². The lowest BCUT2D eigenvalue weighted by Crippen LogP contribution is -2.38. The first-order valence-corrected chi connectivity index (χ1v) is 13.7. The molecule has 0 saturated carbocycles. The first-order chi connectivity index (χ1) is 19.2. The Bertz CT molecular complexity index is 1510. The third kappa shape index (κ3) is 5.81. The highest BCUT2D eigenvalue weighted by molar-refractivity contribution is 8.01. The Labute approximate surface area is 254 Å². The molecule has 2 aliphatic rings. The zero-order chi connectivity index (χ0) is 30.3. The van der Waals surface area contributed by atoms with Gasteiger partial charge in [-0.05, 0) is 23.3 Å². The number of nitro benzene ring substituents is 2. The average Bonchev–Trinajstić information content (AvgIpc) is 2.90. The molecular formula is C24H14Cl4N4O8S. The molecule has 0 heterocycles. The molecule has 2 aromatic carbocycles. The van der Waals surface area contributed by atoms with Crippen LogP contribution in [-0.2, 0) is 9.75 Å². The van der Waals surface area contributed by atoms with E-state index in [1.165, 1.54) is 36.4 Å². The molecule has 0 amide bonds. The maximum Gasteiger partial charge on any atom is 0.270 e. The summed E-state index contributed by atoms with van der Waals surface area (Å²) in [5.74, 6) is 0. The van der Waals surface area contributed by atoms with Crippen molar-refractivity contribution in [3.05, 3.63) is 146 Å². The molecule has 12 nitrogen and oxygen atoms in total. The standard InChI is InChI=1S/C24H14Cl4N4O8S/c25-19-9-13(29(33)34)1-5-17(19)23(27)11-15(31(37)38)3-7-21(23)41-22-8-4-16(32(39)40)12-24(22,28)18-6-2-14(30(35)36)10-20(18)26/h1-12,21-22H. The second kappa shape index (κ2) is 11.4. The Morgan fingerprint density at radius 3 is 1.29 bits per heavy atom. The maximum atomic E-state index is 11.6. The van der Waals surface area contributed by atoms with Crippen LogP contribution >= 0.6 is 58.2 Å². The predicted molar refractivity (Wildman–Crippen MR) is 155 cm³/mol. The zero-order valence-corrected chi connectivity index (χ0v) is 23.9. The van der Waals surface area contributed by atoms with Crippen molar-refractivity contribution < 1.29 is 19.7 Å². The number of halogens is 4. The van der Waals surface area contributed by atoms with Crippen LogP contribution in [0.25, 0.3) is 0 Å². The number of nitrogens with zero attached hydrogens (tertiary/aromatic N) is 4. The number of alkyl halides is 2. The van der Waals surface area contributed by atoms with Crippen molar-refractivity contribution in [2.24, 2.45) is 0 Å². The number of rotatable bonds is 8. The minimum absolute atomic E-state index is 0.126. The number of nitro groups is 4. The van der Waals surface area contributed by atoms with Crippen LogP contribution in [0.4, 0.5) is 11.4 Å². The average molecular weight is 660 g/mol. The number of benzene rings is 2. The maximum absolute atomic E-state index is 11.6. The summed E-state index contributed by atoms with van der Waals surface area (Å²) in [6.07, 6.45) is 7.61. The Balaban J connectivity index is 1.83. The van der Waals surface area contributed by atoms with Crippen molar-refractivity contribution in [1.29, 1.82) is 0 Å². The largest absolute Gasteiger partial charge is 0.270 e. The lowest BCUT2D eigenvalue weighted by atomic mass is 9.89. The molecule has 0 aromatic heterocycles. The van der Waals surface area contributed by atoms with Crippen LogP contribution in [0.3, 0.4) is 0 Å². The molecule has 0 radical (unpaired) electrons. The third-order valence-corrected chi connectivity index (χ3v) is 9.92. The van der Waals surface area contributed by atoms with Gasteiger partial charge in [-0.2, -0.15) is 0 Å². The van der Waals surface area contributed by atoms with Crippen LogP contribution in [0.2, 0.25) is 10.0 Å². The van der Waals surface area contributed by atoms with Gasteiger partial charge < -0.3 is 0 Å². The summed E-state index contributed by atoms with van der Waals surface area (Å²) in [5, 5.41) is 43.7. The summed E-state index contributed by atoms with van der Waals surface area (Å²) in [4.78, 5) is 39.6. The minimum Gasteiger partial charge on any atom is -0.258 e. The molecule has 0 fully saturated rings. The smallest absolute Gasteiger partial charge is 0.258 e. The molecule has 17 heteroatoms. The second-order valence-corrected chi connectivity index (χ2v) is 12.1. The van der Waals surface area contributed by atoms with E-state index < -0.39 is 39.9 Å². The fraction of sp³-hybridized carbons (Fsp3) is 0.167. The Morgan fingerprint density at radius 2 is 1.00 bits per heavy atom. The zero-order valence-electron chi connectivity index (χ0n) is 20.1. The van der Waals surface area contributed by atoms with Crippen molar-refractivity contribution in [3.63, 3.8) is 0 Å². The second-order valence-electron chi connectivity index (χ2n) is 8.73. The summed E-state index contributed by atoms with van der Waals surface area (Å²) in [7, 11) is 0. The van der Waals surface area contributed by atoms with Crippen molar-refractivity contribution in [1.82, 2.24) is 0 Å². The van der Waals surface area contributed by atoms with Crippen LogP contribution in [0.15, 0.2) is 84.2 Å². The van der Waals surface area contributed by atoms with E-state index >= 15 is 0 Å². The van der Waals surface area contributed by atoms with Gasteiger partial charge in [0.1, 0.15) is 9.75 Å². The van der Waals surface area contributed by atoms with Crippen LogP contribution in [-0.4, -0.2) is 30.2 Å². The number of hydrogen-bond donors (Lipinski definition) is 0. The van der Waals surface area contributed by atoms with Gasteiger partial charge in [0, 0.05) is 48.6 Å². The van der Waals surface area contributed by atoms with E-state index in [2.05, 4.69) is 0 Å². The Hall–Kier alpha value is -3.49. The number of non-ortho nitro benzene ring substituents is 2. The number of hydrogen-bond acceptors (Lipinski definition) is 9. The molecule has 2 aromatic rings. The van der Waals surface area contributed by atoms with E-state index in [9.17, 15) is 40.5 Å². The highest BCUT2D eigenvalue weighted by atomic mass is 35.5. The summed E-state index contributed by atoms with van der Waals surface area (Å²) in [6.45, 7) is 0. The number of allylic oxidation sites excluding steroid dienone is 4. The number of thioether (sulfide) groups is 1. The molecular weight excluding hydrogens is 646 g/mol. The molecule has 212 valence electrons. The van der Waals surface area contributed by atoms with Gasteiger partial charge in [-0.3, -0.25) is 40.5 Å². The van der Waals surface area contributed by atoms with Gasteiger partial charge in [-0.15, -0.1) is 35.0 Å². The highest BCUT2D eigenvalue weighted by Gasteiger charge is 2.48. The normalized spacial score (nSPS) is 25.3. The van der Waals surface area contributed by atoms with Crippen LogP contribution in [0, 0.1) is 40.5 Å². The molecule has 0 N–H and O–H groups in total. The predicted octanol–water partition coefficient (Wildman–Crippen LogP) is 7.31. The van der Waals surface area contributed by atoms with E-state index in [0.29, 0.717) is 0 Å². The molecule has 4 atom stereocenters. The van der Waals surface area contributed by atoms with Crippen molar-refractivity contribution in [2.45, 2.75) is 20.2 Å². The van der Waals surface area contributed by atoms with Crippen LogP contribution in [0.1, 0.15) is 11.1 Å². The summed E-state index contributed by atoms with van der Waals surface area (Å²) in [5.41, 5.74) is -1.13. The van der Waals surface area contributed by atoms with Gasteiger partial charge in [0.25, 0.3) is 22.8 Å². The molecule has 0 saturated heterocycles. The first-order valence-electron chi connectivity index (χ1n) is 11.2. The molecule has 41 heavy (non-hydrogen) atoms. The monoisotopic (exact) mass is 658 g/mol. The van der Waals surface area contributed by atoms with E-state index in [1.54, 1.807) is 0 Å². The molecule has 0 spiro atoms. The van der Waals surface area contributed by atoms with Gasteiger partial charge in [0.05, 0.1) is 40.2 Å². The molecule has 4 rings (SSSR count). The van der Waals surface area contributed by atoms with Gasteiger partial charge in [0.2, 0.25) is 0 Å². The minimum atomic E-state index is -1.73. The van der Waals surface area contributed by atoms with Crippen molar-refractivity contribution >= 4 is 69.5 Å². The van der Waals surface area contributed by atoms with E-state index in [1.807, 2.05) is 0 Å². The van der Waals surface area contributed by atoms with Gasteiger partial charge in [-0.25, -0.2) is 0 Å². The Kier molecular flexibility index (Phi) is 8.48.